The summed E-state index contributed by atoms with van der Waals surface area (Å²) in [5, 5.41) is 10.1. The molecule has 1 N–H and O–H groups in total. The minimum absolute atomic E-state index is 0.0345. The summed E-state index contributed by atoms with van der Waals surface area (Å²) in [7, 11) is 0. The van der Waals surface area contributed by atoms with Gasteiger partial charge in [-0.1, -0.05) is 29.9 Å². The highest BCUT2D eigenvalue weighted by atomic mass is 16.6. The van der Waals surface area contributed by atoms with Gasteiger partial charge in [0.15, 0.2) is 0 Å². The largest absolute Gasteiger partial charge is 0.461 e. The third kappa shape index (κ3) is 3.65. The quantitative estimate of drug-likeness (QED) is 0.479. The maximum atomic E-state index is 12.4. The predicted molar refractivity (Wildman–Crippen MR) is 92.3 cm³/mol. The standard InChI is InChI=1S/C20H28O4/c1-12-5-7-16-14(6-8-17-20(3,4)24-17)11-23-19(22)18(16)13(2)10-15(21)9-12/h6,9,15-18,21H,2,5,7-8,10-11H2,1,3-4H3/b12-9+,14-6-/t15-,16+,17?,18-/m0/s1. The summed E-state index contributed by atoms with van der Waals surface area (Å²) in [5.74, 6) is -0.418. The number of carbonyl (C=O) groups is 1. The lowest BCUT2D eigenvalue weighted by Gasteiger charge is -2.34. The van der Waals surface area contributed by atoms with Crippen LogP contribution in [-0.4, -0.2) is 35.5 Å². The molecule has 0 radical (unpaired) electrons. The van der Waals surface area contributed by atoms with Crippen molar-refractivity contribution in [1.82, 2.24) is 0 Å². The van der Waals surface area contributed by atoms with Crippen molar-refractivity contribution in [3.8, 4) is 0 Å². The molecule has 0 spiro atoms. The van der Waals surface area contributed by atoms with Crippen molar-refractivity contribution in [3.63, 3.8) is 0 Å². The van der Waals surface area contributed by atoms with Crippen LogP contribution >= 0.6 is 0 Å². The van der Waals surface area contributed by atoms with Crippen LogP contribution in [-0.2, 0) is 14.3 Å². The Hall–Kier alpha value is -1.39. The average Bonchev–Trinajstić information content (AvgIpc) is 3.08. The van der Waals surface area contributed by atoms with Gasteiger partial charge in [0.1, 0.15) is 6.61 Å². The van der Waals surface area contributed by atoms with E-state index in [1.54, 1.807) is 0 Å². The molecule has 132 valence electrons. The molecule has 2 fully saturated rings. The van der Waals surface area contributed by atoms with Gasteiger partial charge in [-0.15, -0.1) is 0 Å². The highest BCUT2D eigenvalue weighted by molar-refractivity contribution is 5.78. The minimum Gasteiger partial charge on any atom is -0.461 e. The molecule has 24 heavy (non-hydrogen) atoms. The van der Waals surface area contributed by atoms with Gasteiger partial charge in [0, 0.05) is 5.92 Å². The number of allylic oxidation sites excluding steroid dienone is 1. The number of hydrogen-bond acceptors (Lipinski definition) is 4. The van der Waals surface area contributed by atoms with Gasteiger partial charge in [-0.2, -0.15) is 0 Å². The van der Waals surface area contributed by atoms with Crippen molar-refractivity contribution < 1.29 is 19.4 Å². The molecule has 0 saturated carbocycles. The van der Waals surface area contributed by atoms with Crippen molar-refractivity contribution in [2.45, 2.75) is 64.3 Å². The van der Waals surface area contributed by atoms with Crippen molar-refractivity contribution in [2.75, 3.05) is 6.61 Å². The van der Waals surface area contributed by atoms with Crippen LogP contribution in [0.25, 0.3) is 0 Å². The molecule has 0 amide bonds. The van der Waals surface area contributed by atoms with E-state index in [4.69, 9.17) is 9.47 Å². The molecule has 4 nitrogen and oxygen atoms in total. The lowest BCUT2D eigenvalue weighted by atomic mass is 9.76. The lowest BCUT2D eigenvalue weighted by molar-refractivity contribution is -0.151. The zero-order chi connectivity index (χ0) is 17.5. The molecule has 2 aliphatic heterocycles. The molecule has 0 bridgehead atoms. The van der Waals surface area contributed by atoms with Crippen LogP contribution in [0.5, 0.6) is 0 Å². The first-order valence-corrected chi connectivity index (χ1v) is 8.84. The second kappa shape index (κ2) is 6.49. The van der Waals surface area contributed by atoms with E-state index < -0.39 is 6.10 Å². The normalized spacial score (nSPS) is 39.8. The number of esters is 1. The minimum atomic E-state index is -0.570. The summed E-state index contributed by atoms with van der Waals surface area (Å²) in [6.07, 6.45) is 6.80. The zero-order valence-corrected chi connectivity index (χ0v) is 14.9. The fourth-order valence-corrected chi connectivity index (χ4v) is 3.92. The first kappa shape index (κ1) is 17.4. The summed E-state index contributed by atoms with van der Waals surface area (Å²) in [4.78, 5) is 12.4. The second-order valence-corrected chi connectivity index (χ2v) is 7.90. The molecular weight excluding hydrogens is 304 g/mol. The van der Waals surface area contributed by atoms with Crippen molar-refractivity contribution in [2.24, 2.45) is 11.8 Å². The van der Waals surface area contributed by atoms with Crippen LogP contribution in [0, 0.1) is 11.8 Å². The Labute approximate surface area is 144 Å². The van der Waals surface area contributed by atoms with Crippen molar-refractivity contribution >= 4 is 5.97 Å². The van der Waals surface area contributed by atoms with E-state index in [-0.39, 0.29) is 29.5 Å². The summed E-state index contributed by atoms with van der Waals surface area (Å²) >= 11 is 0. The van der Waals surface area contributed by atoms with Gasteiger partial charge < -0.3 is 14.6 Å². The van der Waals surface area contributed by atoms with Gasteiger partial charge in [0.2, 0.25) is 0 Å². The van der Waals surface area contributed by atoms with Gasteiger partial charge in [0.25, 0.3) is 0 Å². The van der Waals surface area contributed by atoms with E-state index in [1.165, 1.54) is 11.1 Å². The molecule has 3 rings (SSSR count). The number of fused-ring (bicyclic) bond motifs is 1. The molecule has 4 heteroatoms. The molecule has 0 aromatic carbocycles. The van der Waals surface area contributed by atoms with Gasteiger partial charge in [-0.05, 0) is 52.0 Å². The Balaban J connectivity index is 1.82. The van der Waals surface area contributed by atoms with Crippen LogP contribution in [0.15, 0.2) is 35.5 Å². The number of carbonyl (C=O) groups excluding carboxylic acids is 1. The maximum Gasteiger partial charge on any atom is 0.314 e. The van der Waals surface area contributed by atoms with Crippen LogP contribution in [0.3, 0.4) is 0 Å². The molecule has 1 aliphatic carbocycles. The van der Waals surface area contributed by atoms with E-state index in [9.17, 15) is 9.90 Å². The Morgan fingerprint density at radius 3 is 2.83 bits per heavy atom. The van der Waals surface area contributed by atoms with Crippen molar-refractivity contribution in [3.05, 3.63) is 35.5 Å². The molecule has 2 saturated heterocycles. The van der Waals surface area contributed by atoms with Gasteiger partial charge in [0.05, 0.1) is 23.7 Å². The maximum absolute atomic E-state index is 12.4. The first-order valence-electron chi connectivity index (χ1n) is 8.84. The zero-order valence-electron chi connectivity index (χ0n) is 14.9. The van der Waals surface area contributed by atoms with E-state index in [2.05, 4.69) is 26.5 Å². The number of cyclic esters (lactones) is 1. The molecular formula is C20H28O4. The van der Waals surface area contributed by atoms with E-state index in [0.29, 0.717) is 13.0 Å². The van der Waals surface area contributed by atoms with Gasteiger partial charge >= 0.3 is 5.97 Å². The number of aliphatic hydroxyl groups excluding tert-OH is 1. The smallest absolute Gasteiger partial charge is 0.314 e. The summed E-state index contributed by atoms with van der Waals surface area (Å²) in [6, 6.07) is 0. The molecule has 1 unspecified atom stereocenters. The Bertz CT molecular complexity index is 599. The van der Waals surface area contributed by atoms with Crippen LogP contribution < -0.4 is 0 Å². The van der Waals surface area contributed by atoms with Crippen LogP contribution in [0.2, 0.25) is 0 Å². The second-order valence-electron chi connectivity index (χ2n) is 7.90. The first-order chi connectivity index (χ1) is 11.3. The number of hydrogen-bond donors (Lipinski definition) is 1. The number of ether oxygens (including phenoxy) is 2. The average molecular weight is 332 g/mol. The van der Waals surface area contributed by atoms with E-state index in [1.807, 2.05) is 13.0 Å². The Morgan fingerprint density at radius 2 is 2.17 bits per heavy atom. The molecule has 4 atom stereocenters. The van der Waals surface area contributed by atoms with Gasteiger partial charge in [-0.25, -0.2) is 0 Å². The fraction of sp³-hybridized carbons (Fsp3) is 0.650. The van der Waals surface area contributed by atoms with Crippen molar-refractivity contribution in [1.29, 1.82) is 0 Å². The summed E-state index contributed by atoms with van der Waals surface area (Å²) < 4.78 is 11.1. The third-order valence-electron chi connectivity index (χ3n) is 5.51. The topological polar surface area (TPSA) is 59.1 Å². The molecule has 3 aliphatic rings. The third-order valence-corrected chi connectivity index (χ3v) is 5.51. The van der Waals surface area contributed by atoms with E-state index >= 15 is 0 Å². The lowest BCUT2D eigenvalue weighted by Crippen LogP contribution is -2.36. The molecule has 0 aromatic heterocycles. The Kier molecular flexibility index (Phi) is 4.71. The van der Waals surface area contributed by atoms with Crippen LogP contribution in [0.4, 0.5) is 0 Å². The fourth-order valence-electron chi connectivity index (χ4n) is 3.92. The number of aliphatic hydroxyl groups is 1. The predicted octanol–water partition coefficient (Wildman–Crippen LogP) is 3.32. The molecule has 0 aromatic rings. The number of rotatable bonds is 2. The van der Waals surface area contributed by atoms with E-state index in [0.717, 1.165) is 24.8 Å². The summed E-state index contributed by atoms with van der Waals surface area (Å²) in [6.45, 7) is 10.7. The molecule has 2 heterocycles. The number of epoxide rings is 1. The highest BCUT2D eigenvalue weighted by Crippen LogP contribution is 2.41. The highest BCUT2D eigenvalue weighted by Gasteiger charge is 2.47. The SMILES string of the molecule is C=C1C[C@@H](O)/C=C(\C)CC[C@@H]2/C(=C\CC3OC3(C)C)COC(=O)[C@@H]12. The van der Waals surface area contributed by atoms with Gasteiger partial charge in [-0.3, -0.25) is 4.79 Å². The monoisotopic (exact) mass is 332 g/mol. The summed E-state index contributed by atoms with van der Waals surface area (Å²) in [5.41, 5.74) is 3.09. The van der Waals surface area contributed by atoms with Crippen LogP contribution in [0.1, 0.15) is 46.5 Å². The Morgan fingerprint density at radius 1 is 1.46 bits per heavy atom.